The second-order valence-corrected chi connectivity index (χ2v) is 11.5. The Balaban J connectivity index is 1.38. The van der Waals surface area contributed by atoms with E-state index in [4.69, 9.17) is 27.3 Å². The standard InChI is InChI=1S/C23H20ClN7O7S2/c1-9(21(34)35)38-29-14(13-17(24)40-23(25)28-13)18(32)27-15-19(33)31-16(22(36)37)10(8-39-20(15)31)7-30-6-2-3-11-12(30)4-5-26-11/h2-6,9,15,20H,7-8H2,1H3,(H5,25,27,28,32,34,35,36,37)/p+1/t9-,15+,20?/m0/s1. The molecule has 3 aromatic heterocycles. The molecule has 208 valence electrons. The number of aromatic amines is 1. The Hall–Kier alpha value is -4.15. The number of carboxylic acids is 2. The SMILES string of the molecule is C[C@H](ON=C(C(=O)N[C@@H]1C(=O)N2C(C(=O)O)=C(C[n+]3cccc4[nH]ccc43)CSC12)c1nc(N)sc1Cl)C(=O)O. The van der Waals surface area contributed by atoms with Crippen LogP contribution in [-0.4, -0.2) is 77.8 Å². The van der Waals surface area contributed by atoms with Gasteiger partial charge in [0.25, 0.3) is 11.8 Å². The Morgan fingerprint density at radius 1 is 1.40 bits per heavy atom. The van der Waals surface area contributed by atoms with Gasteiger partial charge >= 0.3 is 11.9 Å². The number of nitrogens with two attached hydrogens (primary N) is 1. The van der Waals surface area contributed by atoms with Gasteiger partial charge in [0.1, 0.15) is 32.7 Å². The van der Waals surface area contributed by atoms with Gasteiger partial charge in [-0.15, -0.1) is 11.8 Å². The number of pyridine rings is 1. The van der Waals surface area contributed by atoms with Gasteiger partial charge in [0.2, 0.25) is 11.6 Å². The van der Waals surface area contributed by atoms with E-state index in [1.54, 1.807) is 6.20 Å². The molecule has 2 aliphatic rings. The molecule has 5 rings (SSSR count). The lowest BCUT2D eigenvalue weighted by molar-refractivity contribution is -0.663. The first kappa shape index (κ1) is 27.4. The second-order valence-electron chi connectivity index (χ2n) is 8.73. The summed E-state index contributed by atoms with van der Waals surface area (Å²) in [6.45, 7) is 1.45. The van der Waals surface area contributed by atoms with Crippen molar-refractivity contribution in [3.63, 3.8) is 0 Å². The number of thiazole rings is 1. The number of fused-ring (bicyclic) bond motifs is 2. The molecule has 2 amide bonds. The number of halogens is 1. The largest absolute Gasteiger partial charge is 0.478 e. The predicted octanol–water partition coefficient (Wildman–Crippen LogP) is 0.780. The number of nitrogen functional groups attached to an aromatic ring is 1. The highest BCUT2D eigenvalue weighted by molar-refractivity contribution is 8.00. The quantitative estimate of drug-likeness (QED) is 0.100. The maximum absolute atomic E-state index is 13.2. The van der Waals surface area contributed by atoms with E-state index in [1.165, 1.54) is 18.7 Å². The first-order chi connectivity index (χ1) is 19.1. The molecule has 40 heavy (non-hydrogen) atoms. The number of amides is 2. The van der Waals surface area contributed by atoms with Crippen LogP contribution in [0.5, 0.6) is 0 Å². The lowest BCUT2D eigenvalue weighted by Crippen LogP contribution is -2.71. The van der Waals surface area contributed by atoms with Crippen LogP contribution in [0.15, 0.2) is 47.0 Å². The van der Waals surface area contributed by atoms with Crippen LogP contribution >= 0.6 is 34.7 Å². The number of rotatable bonds is 9. The number of carboxylic acid groups (broad SMARTS) is 2. The Bertz CT molecular complexity index is 1620. The summed E-state index contributed by atoms with van der Waals surface area (Å²) in [6.07, 6.45) is 2.21. The molecular formula is C23H21ClN7O7S2+. The molecule has 1 unspecified atom stereocenters. The third kappa shape index (κ3) is 4.96. The fourth-order valence-electron chi connectivity index (χ4n) is 4.27. The summed E-state index contributed by atoms with van der Waals surface area (Å²) in [5, 5.41) is 24.6. The number of aliphatic carboxylic acids is 2. The van der Waals surface area contributed by atoms with E-state index in [0.717, 1.165) is 27.3 Å². The van der Waals surface area contributed by atoms with Crippen molar-refractivity contribution in [1.82, 2.24) is 20.2 Å². The number of carbonyl (C=O) groups is 4. The topological polar surface area (TPSA) is 204 Å². The van der Waals surface area contributed by atoms with Crippen molar-refractivity contribution >= 4 is 80.3 Å². The second kappa shape index (κ2) is 10.8. The van der Waals surface area contributed by atoms with E-state index < -0.39 is 47.0 Å². The maximum atomic E-state index is 13.2. The summed E-state index contributed by atoms with van der Waals surface area (Å²) in [6, 6.07) is 4.51. The van der Waals surface area contributed by atoms with Gasteiger partial charge in [0.15, 0.2) is 23.6 Å². The van der Waals surface area contributed by atoms with E-state index >= 15 is 0 Å². The molecule has 0 aliphatic carbocycles. The van der Waals surface area contributed by atoms with Crippen LogP contribution in [0.3, 0.4) is 0 Å². The molecule has 3 atom stereocenters. The van der Waals surface area contributed by atoms with Crippen LogP contribution in [-0.2, 0) is 30.6 Å². The number of hydrogen-bond acceptors (Lipinski definition) is 10. The summed E-state index contributed by atoms with van der Waals surface area (Å²) >= 11 is 8.30. The van der Waals surface area contributed by atoms with Crippen LogP contribution in [0.4, 0.5) is 5.13 Å². The summed E-state index contributed by atoms with van der Waals surface area (Å²) in [5.41, 5.74) is 7.20. The summed E-state index contributed by atoms with van der Waals surface area (Å²) < 4.78 is 1.89. The molecule has 0 radical (unpaired) electrons. The van der Waals surface area contributed by atoms with Crippen molar-refractivity contribution in [3.8, 4) is 0 Å². The molecule has 1 saturated heterocycles. The Kier molecular flexibility index (Phi) is 7.39. The van der Waals surface area contributed by atoms with Crippen molar-refractivity contribution in [1.29, 1.82) is 0 Å². The Morgan fingerprint density at radius 2 is 2.17 bits per heavy atom. The average molecular weight is 607 g/mol. The highest BCUT2D eigenvalue weighted by atomic mass is 35.5. The van der Waals surface area contributed by atoms with E-state index in [-0.39, 0.29) is 27.4 Å². The van der Waals surface area contributed by atoms with Crippen molar-refractivity contribution in [2.45, 2.75) is 31.0 Å². The van der Waals surface area contributed by atoms with Gasteiger partial charge in [-0.2, -0.15) is 4.57 Å². The number of H-pyrrole nitrogens is 1. The lowest BCUT2D eigenvalue weighted by atomic mass is 10.0. The number of carbonyl (C=O) groups excluding carboxylic acids is 2. The minimum Gasteiger partial charge on any atom is -0.478 e. The molecule has 3 aromatic rings. The van der Waals surface area contributed by atoms with Gasteiger partial charge in [-0.25, -0.2) is 14.6 Å². The normalized spacial score (nSPS) is 19.7. The zero-order valence-corrected chi connectivity index (χ0v) is 22.9. The molecular weight excluding hydrogens is 586 g/mol. The van der Waals surface area contributed by atoms with Crippen molar-refractivity contribution < 1.29 is 38.8 Å². The highest BCUT2D eigenvalue weighted by Crippen LogP contribution is 2.40. The van der Waals surface area contributed by atoms with E-state index in [2.05, 4.69) is 20.4 Å². The number of aromatic nitrogens is 3. The monoisotopic (exact) mass is 606 g/mol. The Morgan fingerprint density at radius 3 is 2.85 bits per heavy atom. The van der Waals surface area contributed by atoms with Crippen LogP contribution in [0.25, 0.3) is 11.0 Å². The number of hydrogen-bond donors (Lipinski definition) is 5. The zero-order chi connectivity index (χ0) is 28.7. The van der Waals surface area contributed by atoms with Crippen molar-refractivity contribution in [2.24, 2.45) is 5.16 Å². The zero-order valence-electron chi connectivity index (χ0n) is 20.5. The van der Waals surface area contributed by atoms with Crippen LogP contribution < -0.4 is 15.6 Å². The van der Waals surface area contributed by atoms with Crippen LogP contribution in [0.2, 0.25) is 4.34 Å². The molecule has 1 fully saturated rings. The Labute approximate surface area is 238 Å². The number of β-lactam (4-membered cyclic amide) rings is 1. The third-order valence-corrected chi connectivity index (χ3v) is 8.61. The van der Waals surface area contributed by atoms with Gasteiger partial charge < -0.3 is 31.1 Å². The van der Waals surface area contributed by atoms with Crippen LogP contribution in [0.1, 0.15) is 12.6 Å². The molecule has 0 spiro atoms. The van der Waals surface area contributed by atoms with E-state index in [0.29, 0.717) is 11.3 Å². The third-order valence-electron chi connectivity index (χ3n) is 6.18. The minimum atomic E-state index is -1.40. The smallest absolute Gasteiger partial charge is 0.352 e. The minimum absolute atomic E-state index is 0.00210. The molecule has 5 heterocycles. The number of nitrogens with one attached hydrogen (secondary N) is 2. The maximum Gasteiger partial charge on any atom is 0.352 e. The fourth-order valence-corrected chi connectivity index (χ4v) is 6.54. The highest BCUT2D eigenvalue weighted by Gasteiger charge is 2.55. The van der Waals surface area contributed by atoms with Crippen molar-refractivity contribution in [3.05, 3.63) is 51.9 Å². The van der Waals surface area contributed by atoms with Gasteiger partial charge in [-0.05, 0) is 13.0 Å². The van der Waals surface area contributed by atoms with Gasteiger partial charge in [-0.3, -0.25) is 14.5 Å². The number of thioether (sulfide) groups is 1. The van der Waals surface area contributed by atoms with Crippen molar-refractivity contribution in [2.75, 3.05) is 11.5 Å². The molecule has 0 saturated carbocycles. The first-order valence-electron chi connectivity index (χ1n) is 11.6. The molecule has 2 aliphatic heterocycles. The lowest BCUT2D eigenvalue weighted by Gasteiger charge is -2.49. The predicted molar refractivity (Wildman–Crippen MR) is 144 cm³/mol. The number of nitrogens with zero attached hydrogens (tertiary/aromatic N) is 4. The molecule has 0 bridgehead atoms. The first-order valence-corrected chi connectivity index (χ1v) is 13.9. The molecule has 0 aromatic carbocycles. The number of anilines is 1. The molecule has 17 heteroatoms. The number of oxime groups is 1. The van der Waals surface area contributed by atoms with Gasteiger partial charge in [-0.1, -0.05) is 28.1 Å². The van der Waals surface area contributed by atoms with Crippen LogP contribution in [0, 0.1) is 0 Å². The molecule has 6 N–H and O–H groups in total. The summed E-state index contributed by atoms with van der Waals surface area (Å²) in [4.78, 5) is 63.0. The van der Waals surface area contributed by atoms with E-state index in [9.17, 15) is 24.3 Å². The van der Waals surface area contributed by atoms with Gasteiger partial charge in [0.05, 0.1) is 0 Å². The fraction of sp³-hybridized carbons (Fsp3) is 0.261. The summed E-state index contributed by atoms with van der Waals surface area (Å²) in [7, 11) is 0. The summed E-state index contributed by atoms with van der Waals surface area (Å²) in [5.74, 6) is -3.85. The molecule has 14 nitrogen and oxygen atoms in total. The van der Waals surface area contributed by atoms with Gasteiger partial charge in [0, 0.05) is 29.7 Å². The van der Waals surface area contributed by atoms with E-state index in [1.807, 2.05) is 29.0 Å². The average Bonchev–Trinajstić information content (AvgIpc) is 3.53.